The first-order valence-corrected chi connectivity index (χ1v) is 11.3. The maximum atomic E-state index is 8.88. The van der Waals surface area contributed by atoms with Crippen LogP contribution in [0.25, 0.3) is 29.1 Å². The highest BCUT2D eigenvalue weighted by Crippen LogP contribution is 2.28. The first-order valence-electron chi connectivity index (χ1n) is 10.4. The molecule has 0 heterocycles. The molecule has 0 atom stereocenters. The lowest BCUT2D eigenvalue weighted by Crippen LogP contribution is -1.78. The molecule has 4 aromatic rings. The number of nitrogens with zero attached hydrogens (tertiary/aromatic N) is 2. The van der Waals surface area contributed by atoms with E-state index in [4.69, 9.17) is 11.8 Å². The third-order valence-corrected chi connectivity index (χ3v) is 6.01. The molecular weight excluding hydrogens is 420 g/mol. The fourth-order valence-electron chi connectivity index (χ4n) is 3.14. The zero-order chi connectivity index (χ0) is 22.9. The average molecular weight is 441 g/mol. The van der Waals surface area contributed by atoms with E-state index in [0.29, 0.717) is 11.3 Å². The van der Waals surface area contributed by atoms with Gasteiger partial charge in [-0.3, -0.25) is 0 Å². The second kappa shape index (κ2) is 10.8. The van der Waals surface area contributed by atoms with E-state index in [1.807, 2.05) is 48.5 Å². The smallest absolute Gasteiger partial charge is 0.187 e. The summed E-state index contributed by atoms with van der Waals surface area (Å²) in [6, 6.07) is 34.2. The van der Waals surface area contributed by atoms with E-state index in [-0.39, 0.29) is 0 Å². The second-order valence-electron chi connectivity index (χ2n) is 7.34. The molecule has 0 radical (unpaired) electrons. The zero-order valence-corrected chi connectivity index (χ0v) is 18.7. The van der Waals surface area contributed by atoms with Crippen LogP contribution in [0.4, 0.5) is 5.69 Å². The quantitative estimate of drug-likeness (QED) is 0.222. The Labute approximate surface area is 199 Å². The van der Waals surface area contributed by atoms with Crippen molar-refractivity contribution in [2.45, 2.75) is 9.79 Å². The van der Waals surface area contributed by atoms with Gasteiger partial charge in [0.25, 0.3) is 0 Å². The topological polar surface area (TPSA) is 28.1 Å². The van der Waals surface area contributed by atoms with Crippen molar-refractivity contribution in [2.75, 3.05) is 0 Å². The maximum absolute atomic E-state index is 8.88. The van der Waals surface area contributed by atoms with Crippen molar-refractivity contribution in [3.8, 4) is 6.07 Å². The fraction of sp³-hybridized carbons (Fsp3) is 0. The molecule has 0 aromatic heterocycles. The molecule has 0 saturated heterocycles. The van der Waals surface area contributed by atoms with E-state index in [1.165, 1.54) is 9.79 Å². The molecule has 0 spiro atoms. The van der Waals surface area contributed by atoms with Crippen molar-refractivity contribution >= 4 is 41.8 Å². The maximum Gasteiger partial charge on any atom is 0.187 e. The Kier molecular flexibility index (Phi) is 7.18. The van der Waals surface area contributed by atoms with Gasteiger partial charge in [0.05, 0.1) is 18.2 Å². The van der Waals surface area contributed by atoms with Gasteiger partial charge in [-0.25, -0.2) is 4.85 Å². The van der Waals surface area contributed by atoms with Crippen LogP contribution in [0.15, 0.2) is 107 Å². The van der Waals surface area contributed by atoms with Gasteiger partial charge in [-0.05, 0) is 58.7 Å². The van der Waals surface area contributed by atoms with Gasteiger partial charge in [0, 0.05) is 9.79 Å². The third kappa shape index (κ3) is 6.34. The number of nitriles is 1. The summed E-state index contributed by atoms with van der Waals surface area (Å²) in [4.78, 5) is 5.80. The van der Waals surface area contributed by atoms with Crippen molar-refractivity contribution in [1.29, 1.82) is 5.26 Å². The van der Waals surface area contributed by atoms with Crippen LogP contribution in [0.2, 0.25) is 0 Å². The molecule has 0 unspecified atom stereocenters. The van der Waals surface area contributed by atoms with Crippen LogP contribution in [-0.4, -0.2) is 0 Å². The van der Waals surface area contributed by atoms with E-state index >= 15 is 0 Å². The van der Waals surface area contributed by atoms with Crippen LogP contribution in [0, 0.1) is 17.9 Å². The number of hydrogen-bond acceptors (Lipinski definition) is 2. The Morgan fingerprint density at radius 3 is 1.30 bits per heavy atom. The fourth-order valence-corrected chi connectivity index (χ4v) is 3.96. The van der Waals surface area contributed by atoms with Crippen LogP contribution in [-0.2, 0) is 0 Å². The van der Waals surface area contributed by atoms with Crippen LogP contribution in [0.1, 0.15) is 27.8 Å². The molecule has 0 N–H and O–H groups in total. The molecule has 0 fully saturated rings. The first-order chi connectivity index (χ1) is 16.2. The summed E-state index contributed by atoms with van der Waals surface area (Å²) >= 11 is 1.74. The second-order valence-corrected chi connectivity index (χ2v) is 8.49. The Morgan fingerprint density at radius 2 is 0.939 bits per heavy atom. The largest absolute Gasteiger partial charge is 0.238 e. The number of rotatable bonds is 6. The standard InChI is InChI=1S/C30H20N2S/c1-32-28-16-10-24(11-17-28)3-5-26-14-20-30(21-15-26)33-29-18-12-25(13-19-29)4-2-23-6-8-27(22-31)9-7-23/h2-21H. The van der Waals surface area contributed by atoms with E-state index in [0.717, 1.165) is 22.3 Å². The SMILES string of the molecule is [C-]#[N+]c1ccc(C=Cc2ccc(Sc3ccc(C=Cc4ccc(C#N)cc4)cc3)cc2)cc1. The Hall–Kier alpha value is -4.31. The molecular formula is C30H20N2S. The van der Waals surface area contributed by atoms with E-state index in [1.54, 1.807) is 11.8 Å². The predicted molar refractivity (Wildman–Crippen MR) is 139 cm³/mol. The van der Waals surface area contributed by atoms with Crippen LogP contribution >= 0.6 is 11.8 Å². The summed E-state index contributed by atoms with van der Waals surface area (Å²) < 4.78 is 0. The summed E-state index contributed by atoms with van der Waals surface area (Å²) in [6.07, 6.45) is 8.26. The lowest BCUT2D eigenvalue weighted by molar-refractivity contribution is 1.40. The molecule has 2 nitrogen and oxygen atoms in total. The van der Waals surface area contributed by atoms with Crippen molar-refractivity contribution in [2.24, 2.45) is 0 Å². The molecule has 4 aromatic carbocycles. The van der Waals surface area contributed by atoms with Gasteiger partial charge in [-0.1, -0.05) is 96.7 Å². The van der Waals surface area contributed by atoms with Crippen LogP contribution in [0.3, 0.4) is 0 Å². The molecule has 3 heteroatoms. The van der Waals surface area contributed by atoms with Crippen molar-refractivity contribution in [1.82, 2.24) is 0 Å². The summed E-state index contributed by atoms with van der Waals surface area (Å²) in [5.74, 6) is 0. The lowest BCUT2D eigenvalue weighted by atomic mass is 10.1. The van der Waals surface area contributed by atoms with Gasteiger partial charge in [0.1, 0.15) is 0 Å². The highest BCUT2D eigenvalue weighted by molar-refractivity contribution is 7.99. The highest BCUT2D eigenvalue weighted by Gasteiger charge is 1.98. The highest BCUT2D eigenvalue weighted by atomic mass is 32.2. The molecule has 0 aliphatic rings. The Morgan fingerprint density at radius 1 is 0.576 bits per heavy atom. The van der Waals surface area contributed by atoms with Gasteiger partial charge >= 0.3 is 0 Å². The van der Waals surface area contributed by atoms with Crippen LogP contribution in [0.5, 0.6) is 0 Å². The molecule has 0 amide bonds. The number of benzene rings is 4. The van der Waals surface area contributed by atoms with Gasteiger partial charge in [-0.15, -0.1) is 0 Å². The molecule has 0 aliphatic carbocycles. The number of hydrogen-bond donors (Lipinski definition) is 0. The van der Waals surface area contributed by atoms with Crippen molar-refractivity contribution < 1.29 is 0 Å². The summed E-state index contributed by atoms with van der Waals surface area (Å²) in [7, 11) is 0. The minimum absolute atomic E-state index is 0.656. The van der Waals surface area contributed by atoms with E-state index < -0.39 is 0 Å². The third-order valence-electron chi connectivity index (χ3n) is 4.99. The zero-order valence-electron chi connectivity index (χ0n) is 17.8. The minimum Gasteiger partial charge on any atom is -0.238 e. The summed E-state index contributed by atoms with van der Waals surface area (Å²) in [5, 5.41) is 8.88. The Bertz CT molecular complexity index is 1240. The monoisotopic (exact) mass is 440 g/mol. The first kappa shape index (κ1) is 21.9. The van der Waals surface area contributed by atoms with Gasteiger partial charge in [-0.2, -0.15) is 5.26 Å². The summed E-state index contributed by atoms with van der Waals surface area (Å²) in [5.41, 5.74) is 5.75. The van der Waals surface area contributed by atoms with Crippen LogP contribution < -0.4 is 0 Å². The average Bonchev–Trinajstić information content (AvgIpc) is 2.88. The molecule has 0 bridgehead atoms. The van der Waals surface area contributed by atoms with E-state index in [9.17, 15) is 0 Å². The molecule has 156 valence electrons. The Balaban J connectivity index is 1.34. The summed E-state index contributed by atoms with van der Waals surface area (Å²) in [6.45, 7) is 7.02. The molecule has 0 saturated carbocycles. The predicted octanol–water partition coefficient (Wildman–Crippen LogP) is 8.60. The van der Waals surface area contributed by atoms with E-state index in [2.05, 4.69) is 83.7 Å². The van der Waals surface area contributed by atoms with Crippen molar-refractivity contribution in [3.05, 3.63) is 136 Å². The van der Waals surface area contributed by atoms with Crippen molar-refractivity contribution in [3.63, 3.8) is 0 Å². The van der Waals surface area contributed by atoms with Gasteiger partial charge < -0.3 is 0 Å². The molecule has 33 heavy (non-hydrogen) atoms. The minimum atomic E-state index is 0.656. The molecule has 0 aliphatic heterocycles. The lowest BCUT2D eigenvalue weighted by Gasteiger charge is -2.03. The van der Waals surface area contributed by atoms with Gasteiger partial charge in [0.15, 0.2) is 5.69 Å². The molecule has 4 rings (SSSR count). The normalized spacial score (nSPS) is 10.8. The van der Waals surface area contributed by atoms with Gasteiger partial charge in [0.2, 0.25) is 0 Å².